The molecule has 0 atom stereocenters. The third-order valence-electron chi connectivity index (χ3n) is 4.87. The van der Waals surface area contributed by atoms with Gasteiger partial charge in [-0.2, -0.15) is 4.98 Å². The molecule has 2 N–H and O–H groups in total. The SMILES string of the molecule is Cc1cccc(-c2nc(C3(N)CCC(C)CC3)no2)c1C. The maximum atomic E-state index is 6.52. The van der Waals surface area contributed by atoms with Gasteiger partial charge in [0.25, 0.3) is 5.89 Å². The molecular formula is C17H23N3O. The molecule has 2 aromatic rings. The van der Waals surface area contributed by atoms with Gasteiger partial charge in [0, 0.05) is 5.56 Å². The van der Waals surface area contributed by atoms with Crippen LogP contribution in [0.15, 0.2) is 22.7 Å². The van der Waals surface area contributed by atoms with Crippen LogP contribution in [-0.4, -0.2) is 10.1 Å². The minimum Gasteiger partial charge on any atom is -0.334 e. The topological polar surface area (TPSA) is 64.9 Å². The molecule has 1 aromatic carbocycles. The fourth-order valence-corrected chi connectivity index (χ4v) is 3.02. The molecule has 0 amide bonds. The van der Waals surface area contributed by atoms with E-state index >= 15 is 0 Å². The standard InChI is InChI=1S/C17H23N3O/c1-11-7-9-17(18,10-8-11)16-19-15(21-20-16)14-6-4-5-12(2)13(14)3/h4-6,11H,7-10,18H2,1-3H3. The van der Waals surface area contributed by atoms with Crippen molar-refractivity contribution < 1.29 is 4.52 Å². The number of aromatic nitrogens is 2. The molecule has 1 saturated carbocycles. The van der Waals surface area contributed by atoms with Gasteiger partial charge in [0.1, 0.15) is 0 Å². The van der Waals surface area contributed by atoms with Crippen LogP contribution in [-0.2, 0) is 5.54 Å². The lowest BCUT2D eigenvalue weighted by Gasteiger charge is -2.33. The molecule has 0 spiro atoms. The molecule has 1 fully saturated rings. The zero-order chi connectivity index (χ0) is 15.0. The van der Waals surface area contributed by atoms with Crippen LogP contribution in [0, 0.1) is 19.8 Å². The van der Waals surface area contributed by atoms with Gasteiger partial charge in [0.05, 0.1) is 5.54 Å². The Bertz CT molecular complexity index is 639. The number of hydrogen-bond acceptors (Lipinski definition) is 4. The molecule has 0 bridgehead atoms. The summed E-state index contributed by atoms with van der Waals surface area (Å²) in [5.74, 6) is 1.98. The molecule has 0 unspecified atom stereocenters. The monoisotopic (exact) mass is 285 g/mol. The van der Waals surface area contributed by atoms with Gasteiger partial charge in [-0.05, 0) is 62.6 Å². The number of rotatable bonds is 2. The molecule has 1 heterocycles. The van der Waals surface area contributed by atoms with E-state index in [2.05, 4.69) is 37.0 Å². The fourth-order valence-electron chi connectivity index (χ4n) is 3.02. The minimum atomic E-state index is -0.425. The third kappa shape index (κ3) is 2.60. The van der Waals surface area contributed by atoms with E-state index in [-0.39, 0.29) is 0 Å². The van der Waals surface area contributed by atoms with E-state index in [1.807, 2.05) is 12.1 Å². The molecule has 4 nitrogen and oxygen atoms in total. The Morgan fingerprint density at radius 3 is 2.67 bits per heavy atom. The molecule has 1 aliphatic rings. The van der Waals surface area contributed by atoms with Gasteiger partial charge in [-0.15, -0.1) is 0 Å². The van der Waals surface area contributed by atoms with Crippen LogP contribution in [0.5, 0.6) is 0 Å². The van der Waals surface area contributed by atoms with E-state index in [4.69, 9.17) is 10.3 Å². The lowest BCUT2D eigenvalue weighted by molar-refractivity contribution is 0.230. The zero-order valence-electron chi connectivity index (χ0n) is 13.0. The second kappa shape index (κ2) is 5.26. The summed E-state index contributed by atoms with van der Waals surface area (Å²) in [7, 11) is 0. The number of hydrogen-bond donors (Lipinski definition) is 1. The van der Waals surface area contributed by atoms with Crippen LogP contribution >= 0.6 is 0 Å². The maximum Gasteiger partial charge on any atom is 0.258 e. The number of aryl methyl sites for hydroxylation is 1. The Morgan fingerprint density at radius 2 is 1.95 bits per heavy atom. The predicted octanol–water partition coefficient (Wildman–Crippen LogP) is 3.72. The highest BCUT2D eigenvalue weighted by atomic mass is 16.5. The van der Waals surface area contributed by atoms with Crippen molar-refractivity contribution >= 4 is 0 Å². The highest BCUT2D eigenvalue weighted by molar-refractivity contribution is 5.60. The third-order valence-corrected chi connectivity index (χ3v) is 4.87. The first-order valence-electron chi connectivity index (χ1n) is 7.69. The van der Waals surface area contributed by atoms with Crippen LogP contribution in [0.2, 0.25) is 0 Å². The van der Waals surface area contributed by atoms with Crippen LogP contribution in [0.1, 0.15) is 49.6 Å². The Kier molecular flexibility index (Phi) is 3.57. The summed E-state index contributed by atoms with van der Waals surface area (Å²) in [6.45, 7) is 6.44. The molecule has 0 aliphatic heterocycles. The first-order valence-corrected chi connectivity index (χ1v) is 7.69. The summed E-state index contributed by atoms with van der Waals surface area (Å²) in [5, 5.41) is 4.17. The van der Waals surface area contributed by atoms with Crippen LogP contribution in [0.25, 0.3) is 11.5 Å². The molecule has 21 heavy (non-hydrogen) atoms. The number of nitrogens with two attached hydrogens (primary N) is 1. The van der Waals surface area contributed by atoms with Crippen molar-refractivity contribution in [3.05, 3.63) is 35.2 Å². The van der Waals surface area contributed by atoms with E-state index in [9.17, 15) is 0 Å². The van der Waals surface area contributed by atoms with Crippen LogP contribution < -0.4 is 5.73 Å². The first-order chi connectivity index (χ1) is 9.99. The van der Waals surface area contributed by atoms with Crippen molar-refractivity contribution in [2.75, 3.05) is 0 Å². The lowest BCUT2D eigenvalue weighted by Crippen LogP contribution is -2.41. The quantitative estimate of drug-likeness (QED) is 0.913. The van der Waals surface area contributed by atoms with Gasteiger partial charge in [0.2, 0.25) is 0 Å². The van der Waals surface area contributed by atoms with Crippen molar-refractivity contribution in [2.24, 2.45) is 11.7 Å². The van der Waals surface area contributed by atoms with Crippen molar-refractivity contribution in [2.45, 2.75) is 52.0 Å². The van der Waals surface area contributed by atoms with Gasteiger partial charge >= 0.3 is 0 Å². The van der Waals surface area contributed by atoms with E-state index in [1.54, 1.807) is 0 Å². The Balaban J connectivity index is 1.92. The Morgan fingerprint density at radius 1 is 1.24 bits per heavy atom. The fraction of sp³-hybridized carbons (Fsp3) is 0.529. The van der Waals surface area contributed by atoms with Crippen molar-refractivity contribution in [1.82, 2.24) is 10.1 Å². The molecule has 4 heteroatoms. The molecule has 112 valence electrons. The summed E-state index contributed by atoms with van der Waals surface area (Å²) in [5.41, 5.74) is 9.49. The largest absolute Gasteiger partial charge is 0.334 e. The van der Waals surface area contributed by atoms with Crippen LogP contribution in [0.3, 0.4) is 0 Å². The summed E-state index contributed by atoms with van der Waals surface area (Å²) in [4.78, 5) is 4.60. The van der Waals surface area contributed by atoms with E-state index in [1.165, 1.54) is 11.1 Å². The normalized spacial score (nSPS) is 26.0. The maximum absolute atomic E-state index is 6.52. The minimum absolute atomic E-state index is 0.425. The molecule has 1 aromatic heterocycles. The van der Waals surface area contributed by atoms with E-state index < -0.39 is 5.54 Å². The summed E-state index contributed by atoms with van der Waals surface area (Å²) >= 11 is 0. The predicted molar refractivity (Wildman–Crippen MR) is 82.7 cm³/mol. The number of nitrogens with zero attached hydrogens (tertiary/aromatic N) is 2. The van der Waals surface area contributed by atoms with Gasteiger partial charge in [-0.25, -0.2) is 0 Å². The molecular weight excluding hydrogens is 262 g/mol. The zero-order valence-corrected chi connectivity index (χ0v) is 13.0. The average molecular weight is 285 g/mol. The summed E-state index contributed by atoms with van der Waals surface area (Å²) < 4.78 is 5.49. The highest BCUT2D eigenvalue weighted by Gasteiger charge is 2.36. The van der Waals surface area contributed by atoms with Crippen molar-refractivity contribution in [3.63, 3.8) is 0 Å². The average Bonchev–Trinajstić information content (AvgIpc) is 2.96. The van der Waals surface area contributed by atoms with E-state index in [0.717, 1.165) is 37.2 Å². The van der Waals surface area contributed by atoms with Crippen molar-refractivity contribution in [1.29, 1.82) is 0 Å². The molecule has 3 rings (SSSR count). The second-order valence-corrected chi connectivity index (χ2v) is 6.51. The van der Waals surface area contributed by atoms with Crippen LogP contribution in [0.4, 0.5) is 0 Å². The van der Waals surface area contributed by atoms with Gasteiger partial charge < -0.3 is 10.3 Å². The Labute approximate surface area is 125 Å². The smallest absolute Gasteiger partial charge is 0.258 e. The van der Waals surface area contributed by atoms with E-state index in [0.29, 0.717) is 11.7 Å². The molecule has 0 saturated heterocycles. The molecule has 1 aliphatic carbocycles. The summed E-state index contributed by atoms with van der Waals surface area (Å²) in [6.07, 6.45) is 4.12. The van der Waals surface area contributed by atoms with Gasteiger partial charge in [0.15, 0.2) is 5.82 Å². The first kappa shape index (κ1) is 14.3. The molecule has 0 radical (unpaired) electrons. The van der Waals surface area contributed by atoms with Gasteiger partial charge in [-0.3, -0.25) is 0 Å². The van der Waals surface area contributed by atoms with Gasteiger partial charge in [-0.1, -0.05) is 24.2 Å². The second-order valence-electron chi connectivity index (χ2n) is 6.51. The highest BCUT2D eigenvalue weighted by Crippen LogP contribution is 2.37. The summed E-state index contributed by atoms with van der Waals surface area (Å²) in [6, 6.07) is 6.12. The lowest BCUT2D eigenvalue weighted by atomic mass is 9.77. The number of benzene rings is 1. The Hall–Kier alpha value is -1.68. The van der Waals surface area contributed by atoms with Crippen molar-refractivity contribution in [3.8, 4) is 11.5 Å².